The lowest BCUT2D eigenvalue weighted by Crippen LogP contribution is -2.45. The van der Waals surface area contributed by atoms with E-state index in [1.165, 1.54) is 0 Å². The molecule has 1 aromatic carbocycles. The summed E-state index contributed by atoms with van der Waals surface area (Å²) in [5, 5.41) is 15.2. The van der Waals surface area contributed by atoms with Crippen molar-refractivity contribution >= 4 is 51.4 Å². The summed E-state index contributed by atoms with van der Waals surface area (Å²) in [6.45, 7) is 2.87. The average molecular weight is 418 g/mol. The number of aromatic nitrogens is 2. The first-order chi connectivity index (χ1) is 13.1. The minimum atomic E-state index is -5.08. The molecular weight excluding hydrogens is 403 g/mol. The average Bonchev–Trinajstić information content (AvgIpc) is 2.91. The summed E-state index contributed by atoms with van der Waals surface area (Å²) in [6, 6.07) is 5.44. The summed E-state index contributed by atoms with van der Waals surface area (Å²) in [4.78, 5) is 17.4. The summed E-state index contributed by atoms with van der Waals surface area (Å²) in [5.41, 5.74) is 7.85. The van der Waals surface area contributed by atoms with Crippen LogP contribution in [0.15, 0.2) is 22.6 Å². The maximum Gasteiger partial charge on any atom is 0.490 e. The van der Waals surface area contributed by atoms with E-state index < -0.39 is 12.1 Å². The molecule has 0 atom stereocenters. The van der Waals surface area contributed by atoms with Gasteiger partial charge in [0.1, 0.15) is 11.1 Å². The summed E-state index contributed by atoms with van der Waals surface area (Å²) in [6.07, 6.45) is -5.08. The zero-order chi connectivity index (χ0) is 20.5. The highest BCUT2D eigenvalue weighted by Gasteiger charge is 2.38. The fourth-order valence-electron chi connectivity index (χ4n) is 2.49. The second-order valence-electron chi connectivity index (χ2n) is 6.06. The lowest BCUT2D eigenvalue weighted by atomic mass is 10.0. The summed E-state index contributed by atoms with van der Waals surface area (Å²) in [7, 11) is 0. The molecule has 1 aliphatic rings. The molecule has 0 amide bonds. The van der Waals surface area contributed by atoms with Crippen LogP contribution in [-0.2, 0) is 4.79 Å². The van der Waals surface area contributed by atoms with E-state index in [4.69, 9.17) is 31.7 Å². The van der Waals surface area contributed by atoms with Gasteiger partial charge in [0.25, 0.3) is 0 Å². The quantitative estimate of drug-likeness (QED) is 0.512. The number of benzene rings is 1. The largest absolute Gasteiger partial charge is 0.490 e. The van der Waals surface area contributed by atoms with Crippen molar-refractivity contribution in [3.63, 3.8) is 0 Å². The Balaban J connectivity index is 0.000000279. The van der Waals surface area contributed by atoms with Crippen LogP contribution in [0.1, 0.15) is 0 Å². The highest BCUT2D eigenvalue weighted by Crippen LogP contribution is 2.33. The van der Waals surface area contributed by atoms with Gasteiger partial charge in [-0.1, -0.05) is 11.6 Å². The molecule has 3 heterocycles. The maximum absolute atomic E-state index is 10.6. The predicted octanol–water partition coefficient (Wildman–Crippen LogP) is 2.88. The van der Waals surface area contributed by atoms with Crippen molar-refractivity contribution in [3.8, 4) is 0 Å². The van der Waals surface area contributed by atoms with E-state index in [9.17, 15) is 13.2 Å². The van der Waals surface area contributed by atoms with E-state index >= 15 is 0 Å². The van der Waals surface area contributed by atoms with Crippen LogP contribution < -0.4 is 16.4 Å². The van der Waals surface area contributed by atoms with Crippen molar-refractivity contribution in [1.82, 2.24) is 15.3 Å². The number of alkyl halides is 3. The van der Waals surface area contributed by atoms with Gasteiger partial charge in [0.05, 0.1) is 0 Å². The molecule has 1 fully saturated rings. The van der Waals surface area contributed by atoms with Crippen LogP contribution in [0.3, 0.4) is 0 Å². The summed E-state index contributed by atoms with van der Waals surface area (Å²) < 4.78 is 37.6. The van der Waals surface area contributed by atoms with E-state index in [0.29, 0.717) is 27.9 Å². The Hall–Kier alpha value is -2.79. The molecule has 12 heteroatoms. The van der Waals surface area contributed by atoms with Gasteiger partial charge in [-0.25, -0.2) is 9.78 Å². The molecule has 5 N–H and O–H groups in total. The summed E-state index contributed by atoms with van der Waals surface area (Å²) in [5.74, 6) is -1.29. The number of carboxylic acids is 1. The number of hydrogen-bond acceptors (Lipinski definition) is 7. The first-order valence-electron chi connectivity index (χ1n) is 8.05. The number of carbonyl (C=O) groups is 1. The van der Waals surface area contributed by atoms with Crippen LogP contribution in [0.4, 0.5) is 24.9 Å². The smallest absolute Gasteiger partial charge is 0.475 e. The Kier molecular flexibility index (Phi) is 5.47. The molecule has 4 rings (SSSR count). The van der Waals surface area contributed by atoms with Gasteiger partial charge in [0.15, 0.2) is 11.4 Å². The zero-order valence-electron chi connectivity index (χ0n) is 14.2. The van der Waals surface area contributed by atoms with Crippen molar-refractivity contribution < 1.29 is 27.5 Å². The number of nitrogen functional groups attached to an aromatic ring is 1. The van der Waals surface area contributed by atoms with Crippen LogP contribution in [0, 0.1) is 5.92 Å². The van der Waals surface area contributed by atoms with E-state index in [1.54, 1.807) is 6.07 Å². The molecule has 8 nitrogen and oxygen atoms in total. The van der Waals surface area contributed by atoms with Gasteiger partial charge in [-0.15, -0.1) is 0 Å². The Bertz CT molecular complexity index is 1020. The topological polar surface area (TPSA) is 126 Å². The predicted molar refractivity (Wildman–Crippen MR) is 97.3 cm³/mol. The van der Waals surface area contributed by atoms with Crippen LogP contribution in [-0.4, -0.2) is 46.9 Å². The highest BCUT2D eigenvalue weighted by atomic mass is 35.5. The third-order valence-electron chi connectivity index (χ3n) is 3.96. The monoisotopic (exact) mass is 417 g/mol. The molecule has 0 saturated carbocycles. The van der Waals surface area contributed by atoms with Crippen molar-refractivity contribution in [2.24, 2.45) is 5.92 Å². The fourth-order valence-corrected chi connectivity index (χ4v) is 2.66. The molecule has 0 radical (unpaired) electrons. The van der Waals surface area contributed by atoms with Crippen molar-refractivity contribution in [1.29, 1.82) is 0 Å². The number of carboxylic acid groups (broad SMARTS) is 1. The number of halogens is 4. The molecule has 0 aliphatic carbocycles. The molecule has 1 aliphatic heterocycles. The SMILES string of the molecule is Nc1nc(NCC2CNC2)c2oc3ccc(Cl)cc3c2n1.O=C(O)C(F)(F)F. The molecule has 2 aromatic heterocycles. The van der Waals surface area contributed by atoms with E-state index in [0.717, 1.165) is 30.6 Å². The maximum atomic E-state index is 10.6. The Morgan fingerprint density at radius 3 is 2.64 bits per heavy atom. The van der Waals surface area contributed by atoms with Gasteiger partial charge < -0.3 is 25.9 Å². The number of hydrogen-bond donors (Lipinski definition) is 4. The third kappa shape index (κ3) is 4.37. The lowest BCUT2D eigenvalue weighted by molar-refractivity contribution is -0.192. The molecule has 3 aromatic rings. The van der Waals surface area contributed by atoms with Gasteiger partial charge in [-0.3, -0.25) is 0 Å². The van der Waals surface area contributed by atoms with Crippen molar-refractivity contribution in [2.45, 2.75) is 6.18 Å². The molecule has 0 spiro atoms. The third-order valence-corrected chi connectivity index (χ3v) is 4.19. The van der Waals surface area contributed by atoms with E-state index in [2.05, 4.69) is 20.6 Å². The van der Waals surface area contributed by atoms with Gasteiger partial charge in [-0.2, -0.15) is 18.2 Å². The van der Waals surface area contributed by atoms with Crippen molar-refractivity contribution in [3.05, 3.63) is 23.2 Å². The number of fused-ring (bicyclic) bond motifs is 3. The molecule has 1 saturated heterocycles. The second kappa shape index (κ2) is 7.68. The number of aliphatic carboxylic acids is 1. The molecule has 28 heavy (non-hydrogen) atoms. The minimum Gasteiger partial charge on any atom is -0.475 e. The van der Waals surface area contributed by atoms with Crippen LogP contribution in [0.25, 0.3) is 22.1 Å². The van der Waals surface area contributed by atoms with E-state index in [-0.39, 0.29) is 5.95 Å². The Morgan fingerprint density at radius 2 is 2.07 bits per heavy atom. The Labute approximate surface area is 160 Å². The van der Waals surface area contributed by atoms with Crippen LogP contribution in [0.5, 0.6) is 0 Å². The number of nitrogens with zero attached hydrogens (tertiary/aromatic N) is 2. The number of nitrogens with two attached hydrogens (primary N) is 1. The number of nitrogens with one attached hydrogen (secondary N) is 2. The zero-order valence-corrected chi connectivity index (χ0v) is 14.9. The first kappa shape index (κ1) is 20.0. The van der Waals surface area contributed by atoms with E-state index in [1.807, 2.05) is 12.1 Å². The normalized spacial score (nSPS) is 14.4. The van der Waals surface area contributed by atoms with Crippen LogP contribution in [0.2, 0.25) is 5.02 Å². The number of anilines is 2. The van der Waals surface area contributed by atoms with Gasteiger partial charge in [0, 0.05) is 36.0 Å². The molecule has 0 bridgehead atoms. The minimum absolute atomic E-state index is 0.222. The van der Waals surface area contributed by atoms with Gasteiger partial charge >= 0.3 is 12.1 Å². The highest BCUT2D eigenvalue weighted by molar-refractivity contribution is 6.31. The standard InChI is InChI=1S/C14H14ClN5O.C2HF3O2/c15-8-1-2-10-9(3-8)11-12(21-10)13(20-14(16)19-11)18-6-7-4-17-5-7;3-2(4,5)1(6)7/h1-3,7,17H,4-6H2,(H3,16,18,19,20);(H,6,7). The van der Waals surface area contributed by atoms with Gasteiger partial charge in [0.2, 0.25) is 5.95 Å². The number of rotatable bonds is 3. The fraction of sp³-hybridized carbons (Fsp3) is 0.312. The second-order valence-corrected chi connectivity index (χ2v) is 6.50. The van der Waals surface area contributed by atoms with Gasteiger partial charge in [-0.05, 0) is 18.2 Å². The van der Waals surface area contributed by atoms with Crippen molar-refractivity contribution in [2.75, 3.05) is 30.7 Å². The first-order valence-corrected chi connectivity index (χ1v) is 8.43. The number of furan rings is 1. The molecule has 150 valence electrons. The summed E-state index contributed by atoms with van der Waals surface area (Å²) >= 11 is 6.05. The molecule has 0 unspecified atom stereocenters. The van der Waals surface area contributed by atoms with Crippen LogP contribution >= 0.6 is 11.6 Å². The lowest BCUT2D eigenvalue weighted by Gasteiger charge is -2.27. The Morgan fingerprint density at radius 1 is 1.39 bits per heavy atom. The molecular formula is C16H15ClF3N5O3.